The normalized spacial score (nSPS) is 11.8. The van der Waals surface area contributed by atoms with Crippen molar-refractivity contribution in [3.63, 3.8) is 0 Å². The van der Waals surface area contributed by atoms with Crippen LogP contribution in [0.1, 0.15) is 23.7 Å². The summed E-state index contributed by atoms with van der Waals surface area (Å²) in [4.78, 5) is 20.8. The average molecular weight is 366 g/mol. The Bertz CT molecular complexity index is 941. The van der Waals surface area contributed by atoms with Crippen LogP contribution in [0.25, 0.3) is 10.9 Å². The van der Waals surface area contributed by atoms with Crippen molar-refractivity contribution in [3.05, 3.63) is 54.1 Å². The van der Waals surface area contributed by atoms with E-state index < -0.39 is 5.97 Å². The Morgan fingerprint density at radius 2 is 2.00 bits per heavy atom. The highest BCUT2D eigenvalue weighted by Gasteiger charge is 2.12. The van der Waals surface area contributed by atoms with Gasteiger partial charge in [0.2, 0.25) is 5.95 Å². The average Bonchev–Trinajstić information content (AvgIpc) is 2.71. The van der Waals surface area contributed by atoms with Gasteiger partial charge in [-0.25, -0.2) is 9.78 Å². The van der Waals surface area contributed by atoms with Crippen molar-refractivity contribution in [2.45, 2.75) is 19.4 Å². The predicted octanol–water partition coefficient (Wildman–Crippen LogP) is 3.34. The van der Waals surface area contributed by atoms with E-state index >= 15 is 0 Å². The molecule has 27 heavy (non-hydrogen) atoms. The summed E-state index contributed by atoms with van der Waals surface area (Å²) < 4.78 is 4.76. The van der Waals surface area contributed by atoms with Gasteiger partial charge in [0.05, 0.1) is 30.8 Å². The van der Waals surface area contributed by atoms with Crippen molar-refractivity contribution in [2.75, 3.05) is 24.4 Å². The topological polar surface area (TPSA) is 96.4 Å². The van der Waals surface area contributed by atoms with E-state index in [2.05, 4.69) is 20.6 Å². The van der Waals surface area contributed by atoms with Crippen LogP contribution in [0.15, 0.2) is 48.5 Å². The summed E-state index contributed by atoms with van der Waals surface area (Å²) in [5.74, 6) is 0.633. The fourth-order valence-electron chi connectivity index (χ4n) is 2.68. The number of hydrogen-bond acceptors (Lipinski definition) is 7. The molecule has 0 radical (unpaired) electrons. The largest absolute Gasteiger partial charge is 0.465 e. The van der Waals surface area contributed by atoms with E-state index in [0.717, 1.165) is 17.3 Å². The number of para-hydroxylation sites is 1. The quantitative estimate of drug-likeness (QED) is 0.552. The van der Waals surface area contributed by atoms with Crippen LogP contribution in [-0.2, 0) is 4.74 Å². The molecule has 2 aromatic carbocycles. The Kier molecular flexibility index (Phi) is 5.83. The van der Waals surface area contributed by atoms with Crippen molar-refractivity contribution < 1.29 is 14.6 Å². The van der Waals surface area contributed by atoms with Gasteiger partial charge in [-0.05, 0) is 36.8 Å². The van der Waals surface area contributed by atoms with Crippen LogP contribution in [0.2, 0.25) is 0 Å². The number of carbonyl (C=O) groups excluding carboxylic acids is 1. The van der Waals surface area contributed by atoms with Gasteiger partial charge in [-0.15, -0.1) is 0 Å². The lowest BCUT2D eigenvalue weighted by Gasteiger charge is -2.17. The van der Waals surface area contributed by atoms with Gasteiger partial charge in [0.25, 0.3) is 0 Å². The lowest BCUT2D eigenvalue weighted by Crippen LogP contribution is -2.23. The summed E-state index contributed by atoms with van der Waals surface area (Å²) in [6, 6.07) is 14.5. The van der Waals surface area contributed by atoms with Crippen LogP contribution < -0.4 is 10.6 Å². The Balaban J connectivity index is 1.96. The first-order valence-corrected chi connectivity index (χ1v) is 8.74. The lowest BCUT2D eigenvalue weighted by atomic mass is 10.2. The molecule has 3 N–H and O–H groups in total. The highest BCUT2D eigenvalue weighted by molar-refractivity contribution is 5.91. The third-order valence-electron chi connectivity index (χ3n) is 4.20. The molecule has 0 spiro atoms. The van der Waals surface area contributed by atoms with Crippen LogP contribution in [-0.4, -0.2) is 40.8 Å². The fraction of sp³-hybridized carbons (Fsp3) is 0.250. The second-order valence-corrected chi connectivity index (χ2v) is 6.04. The summed E-state index contributed by atoms with van der Waals surface area (Å²) in [5.41, 5.74) is 1.88. The van der Waals surface area contributed by atoms with Crippen LogP contribution in [0.5, 0.6) is 0 Å². The zero-order valence-corrected chi connectivity index (χ0v) is 15.3. The maximum absolute atomic E-state index is 11.7. The van der Waals surface area contributed by atoms with E-state index in [-0.39, 0.29) is 12.6 Å². The van der Waals surface area contributed by atoms with Crippen LogP contribution in [0, 0.1) is 0 Å². The standard InChI is InChI=1S/C20H22N4O3/c1-3-14(12-25)21-18-16-9-4-5-10-17(16)23-20(24-18)22-15-8-6-7-13(11-15)19(26)27-2/h4-11,14,25H,3,12H2,1-2H3,(H2,21,22,23,24). The molecule has 0 aliphatic rings. The smallest absolute Gasteiger partial charge is 0.337 e. The van der Waals surface area contributed by atoms with Crippen LogP contribution >= 0.6 is 0 Å². The molecule has 1 atom stereocenters. The molecule has 3 aromatic rings. The minimum absolute atomic E-state index is 0.0127. The number of aliphatic hydroxyl groups excluding tert-OH is 1. The van der Waals surface area contributed by atoms with Gasteiger partial charge in [-0.3, -0.25) is 0 Å². The predicted molar refractivity (Wildman–Crippen MR) is 105 cm³/mol. The van der Waals surface area contributed by atoms with Gasteiger partial charge in [-0.2, -0.15) is 4.98 Å². The first-order valence-electron chi connectivity index (χ1n) is 8.74. The number of rotatable bonds is 7. The van der Waals surface area contributed by atoms with Gasteiger partial charge >= 0.3 is 5.97 Å². The summed E-state index contributed by atoms with van der Waals surface area (Å²) in [5, 5.41) is 16.8. The molecule has 0 aliphatic carbocycles. The Morgan fingerprint density at radius 3 is 2.74 bits per heavy atom. The Labute approximate surface area is 157 Å². The number of nitrogens with one attached hydrogen (secondary N) is 2. The van der Waals surface area contributed by atoms with E-state index in [9.17, 15) is 9.90 Å². The monoisotopic (exact) mass is 366 g/mol. The molecule has 0 saturated carbocycles. The molecule has 1 aromatic heterocycles. The van der Waals surface area contributed by atoms with Gasteiger partial charge in [0, 0.05) is 11.1 Å². The molecule has 0 amide bonds. The summed E-state index contributed by atoms with van der Waals surface area (Å²) in [6.07, 6.45) is 0.763. The molecule has 3 rings (SSSR count). The first kappa shape index (κ1) is 18.6. The van der Waals surface area contributed by atoms with E-state index in [1.165, 1.54) is 7.11 Å². The number of nitrogens with zero attached hydrogens (tertiary/aromatic N) is 2. The molecular formula is C20H22N4O3. The zero-order chi connectivity index (χ0) is 19.2. The molecule has 140 valence electrons. The summed E-state index contributed by atoms with van der Waals surface area (Å²) >= 11 is 0. The van der Waals surface area contributed by atoms with Crippen molar-refractivity contribution in [1.29, 1.82) is 0 Å². The van der Waals surface area contributed by atoms with Crippen molar-refractivity contribution in [2.24, 2.45) is 0 Å². The molecule has 0 bridgehead atoms. The molecule has 7 nitrogen and oxygen atoms in total. The van der Waals surface area contributed by atoms with Gasteiger partial charge < -0.3 is 20.5 Å². The minimum atomic E-state index is -0.408. The van der Waals surface area contributed by atoms with Crippen LogP contribution in [0.4, 0.5) is 17.5 Å². The zero-order valence-electron chi connectivity index (χ0n) is 15.3. The second-order valence-electron chi connectivity index (χ2n) is 6.04. The van der Waals surface area contributed by atoms with Crippen LogP contribution in [0.3, 0.4) is 0 Å². The molecule has 1 unspecified atom stereocenters. The summed E-state index contributed by atoms with van der Waals surface area (Å²) in [7, 11) is 1.35. The van der Waals surface area contributed by atoms with Gasteiger partial charge in [0.1, 0.15) is 5.82 Å². The number of ether oxygens (including phenoxy) is 1. The third kappa shape index (κ3) is 4.32. The van der Waals surface area contributed by atoms with E-state index in [0.29, 0.717) is 23.0 Å². The number of carbonyl (C=O) groups is 1. The molecule has 0 saturated heterocycles. The molecule has 1 heterocycles. The number of anilines is 3. The molecule has 0 fully saturated rings. The first-order chi connectivity index (χ1) is 13.1. The second kappa shape index (κ2) is 8.46. The molecule has 7 heteroatoms. The number of fused-ring (bicyclic) bond motifs is 1. The molecule has 0 aliphatic heterocycles. The number of aromatic nitrogens is 2. The van der Waals surface area contributed by atoms with E-state index in [1.807, 2.05) is 37.3 Å². The molecular weight excluding hydrogens is 344 g/mol. The number of methoxy groups -OCH3 is 1. The number of benzene rings is 2. The van der Waals surface area contributed by atoms with Crippen molar-refractivity contribution in [3.8, 4) is 0 Å². The van der Waals surface area contributed by atoms with E-state index in [4.69, 9.17) is 4.74 Å². The Hall–Kier alpha value is -3.19. The highest BCUT2D eigenvalue weighted by Crippen LogP contribution is 2.24. The maximum Gasteiger partial charge on any atom is 0.337 e. The number of hydrogen-bond donors (Lipinski definition) is 3. The Morgan fingerprint density at radius 1 is 1.19 bits per heavy atom. The van der Waals surface area contributed by atoms with Crippen molar-refractivity contribution >= 4 is 34.3 Å². The number of esters is 1. The third-order valence-corrected chi connectivity index (χ3v) is 4.20. The fourth-order valence-corrected chi connectivity index (χ4v) is 2.68. The van der Waals surface area contributed by atoms with Gasteiger partial charge in [0.15, 0.2) is 0 Å². The highest BCUT2D eigenvalue weighted by atomic mass is 16.5. The lowest BCUT2D eigenvalue weighted by molar-refractivity contribution is 0.0601. The minimum Gasteiger partial charge on any atom is -0.465 e. The van der Waals surface area contributed by atoms with Crippen molar-refractivity contribution in [1.82, 2.24) is 9.97 Å². The van der Waals surface area contributed by atoms with Gasteiger partial charge in [-0.1, -0.05) is 25.1 Å². The summed E-state index contributed by atoms with van der Waals surface area (Å²) in [6.45, 7) is 2.01. The van der Waals surface area contributed by atoms with E-state index in [1.54, 1.807) is 18.2 Å². The number of aliphatic hydroxyl groups is 1. The maximum atomic E-state index is 11.7. The SMILES string of the molecule is CCC(CO)Nc1nc(Nc2cccc(C(=O)OC)c2)nc2ccccc12.